The first-order valence-electron chi connectivity index (χ1n) is 10.3. The molecule has 2 N–H and O–H groups in total. The van der Waals surface area contributed by atoms with Crippen LogP contribution < -0.4 is 10.6 Å². The largest absolute Gasteiger partial charge is 0.351 e. The molecule has 0 atom stereocenters. The molecule has 0 spiro atoms. The molecule has 8 nitrogen and oxygen atoms in total. The second-order valence-electron chi connectivity index (χ2n) is 8.89. The first-order valence-corrected chi connectivity index (χ1v) is 10.3. The maximum Gasteiger partial charge on any atom is 0.258 e. The van der Waals surface area contributed by atoms with Gasteiger partial charge in [0.2, 0.25) is 5.95 Å². The third-order valence-corrected chi connectivity index (χ3v) is 4.90. The van der Waals surface area contributed by atoms with E-state index in [0.29, 0.717) is 28.7 Å². The van der Waals surface area contributed by atoms with Crippen molar-refractivity contribution in [3.8, 4) is 0 Å². The van der Waals surface area contributed by atoms with Gasteiger partial charge < -0.3 is 14.8 Å². The highest BCUT2D eigenvalue weighted by Crippen LogP contribution is 2.27. The Bertz CT molecular complexity index is 1090. The van der Waals surface area contributed by atoms with Crippen molar-refractivity contribution < 1.29 is 9.59 Å². The van der Waals surface area contributed by atoms with Gasteiger partial charge in [-0.2, -0.15) is 4.98 Å². The van der Waals surface area contributed by atoms with Gasteiger partial charge in [0, 0.05) is 36.6 Å². The van der Waals surface area contributed by atoms with Gasteiger partial charge in [-0.05, 0) is 53.9 Å². The van der Waals surface area contributed by atoms with Crippen molar-refractivity contribution in [1.82, 2.24) is 24.8 Å². The van der Waals surface area contributed by atoms with E-state index in [-0.39, 0.29) is 23.3 Å². The lowest BCUT2D eigenvalue weighted by molar-refractivity contribution is 0.0951. The molecule has 0 unspecified atom stereocenters. The topological polar surface area (TPSA) is 92.1 Å². The lowest BCUT2D eigenvalue weighted by atomic mass is 10.1. The number of benzene rings is 1. The number of anilines is 1. The van der Waals surface area contributed by atoms with E-state index in [0.717, 1.165) is 12.1 Å². The highest BCUT2D eigenvalue weighted by Gasteiger charge is 2.23. The third-order valence-electron chi connectivity index (χ3n) is 4.90. The van der Waals surface area contributed by atoms with Crippen molar-refractivity contribution >= 4 is 28.8 Å². The predicted molar refractivity (Wildman–Crippen MR) is 123 cm³/mol. The number of rotatable bonds is 6. The summed E-state index contributed by atoms with van der Waals surface area (Å²) >= 11 is 0. The summed E-state index contributed by atoms with van der Waals surface area (Å²) in [5, 5.41) is 6.34. The fraction of sp³-hybridized carbons (Fsp3) is 0.391. The van der Waals surface area contributed by atoms with Crippen molar-refractivity contribution in [2.45, 2.75) is 33.2 Å². The lowest BCUT2D eigenvalue weighted by Gasteiger charge is -2.22. The zero-order valence-electron chi connectivity index (χ0n) is 19.0. The quantitative estimate of drug-likeness (QED) is 0.637. The molecule has 8 heteroatoms. The second kappa shape index (κ2) is 8.85. The smallest absolute Gasteiger partial charge is 0.258 e. The van der Waals surface area contributed by atoms with Crippen LogP contribution in [-0.4, -0.2) is 58.4 Å². The van der Waals surface area contributed by atoms with Crippen molar-refractivity contribution in [2.75, 3.05) is 32.5 Å². The number of aryl methyl sites for hydroxylation is 1. The Balaban J connectivity index is 1.92. The molecule has 0 saturated heterocycles. The molecule has 164 valence electrons. The number of aromatic nitrogens is 3. The van der Waals surface area contributed by atoms with Crippen LogP contribution >= 0.6 is 0 Å². The van der Waals surface area contributed by atoms with Crippen LogP contribution in [0.25, 0.3) is 11.0 Å². The molecular weight excluding hydrogens is 392 g/mol. The number of hydrogen-bond acceptors (Lipinski definition) is 5. The molecule has 31 heavy (non-hydrogen) atoms. The summed E-state index contributed by atoms with van der Waals surface area (Å²) < 4.78 is 1.94. The molecule has 3 rings (SSSR count). The van der Waals surface area contributed by atoms with Gasteiger partial charge in [-0.25, -0.2) is 4.98 Å². The van der Waals surface area contributed by atoms with E-state index >= 15 is 0 Å². The summed E-state index contributed by atoms with van der Waals surface area (Å²) in [6.07, 6.45) is 3.39. The fourth-order valence-electron chi connectivity index (χ4n) is 3.13. The van der Waals surface area contributed by atoms with Crippen molar-refractivity contribution in [3.05, 3.63) is 53.3 Å². The maximum atomic E-state index is 12.8. The summed E-state index contributed by atoms with van der Waals surface area (Å²) in [5.41, 5.74) is 2.40. The fourth-order valence-corrected chi connectivity index (χ4v) is 3.13. The molecule has 2 aromatic heterocycles. The monoisotopic (exact) mass is 422 g/mol. The Morgan fingerprint density at radius 3 is 2.39 bits per heavy atom. The van der Waals surface area contributed by atoms with Crippen LogP contribution in [0.5, 0.6) is 0 Å². The zero-order valence-corrected chi connectivity index (χ0v) is 19.0. The summed E-state index contributed by atoms with van der Waals surface area (Å²) in [5.74, 6) is -0.258. The summed E-state index contributed by atoms with van der Waals surface area (Å²) in [4.78, 5) is 36.2. The van der Waals surface area contributed by atoms with E-state index in [1.807, 2.05) is 63.4 Å². The van der Waals surface area contributed by atoms with Crippen LogP contribution in [0.1, 0.15) is 47.1 Å². The Hall–Kier alpha value is -3.26. The van der Waals surface area contributed by atoms with Crippen molar-refractivity contribution in [3.63, 3.8) is 0 Å². The van der Waals surface area contributed by atoms with Gasteiger partial charge in [-0.15, -0.1) is 0 Å². The van der Waals surface area contributed by atoms with Gasteiger partial charge in [-0.1, -0.05) is 17.7 Å². The SMILES string of the molecule is Cc1ccc(C(=O)Nc2ncc3c(C(=O)NCCN(C)C)cn(C(C)(C)C)c3n2)cc1. The number of hydrogen-bond donors (Lipinski definition) is 2. The van der Waals surface area contributed by atoms with E-state index in [4.69, 9.17) is 0 Å². The average molecular weight is 423 g/mol. The van der Waals surface area contributed by atoms with Crippen LogP contribution in [0.4, 0.5) is 5.95 Å². The van der Waals surface area contributed by atoms with E-state index in [1.165, 1.54) is 0 Å². The minimum Gasteiger partial charge on any atom is -0.351 e. The number of amides is 2. The zero-order chi connectivity index (χ0) is 22.8. The molecule has 0 aliphatic carbocycles. The van der Waals surface area contributed by atoms with E-state index < -0.39 is 0 Å². The molecule has 0 bridgehead atoms. The molecule has 0 aliphatic heterocycles. The van der Waals surface area contributed by atoms with Gasteiger partial charge in [0.05, 0.1) is 10.9 Å². The number of fused-ring (bicyclic) bond motifs is 1. The highest BCUT2D eigenvalue weighted by atomic mass is 16.2. The molecule has 3 aromatic rings. The summed E-state index contributed by atoms with van der Waals surface area (Å²) in [7, 11) is 3.91. The molecule has 2 heterocycles. The normalized spacial score (nSPS) is 11.7. The van der Waals surface area contributed by atoms with Crippen molar-refractivity contribution in [1.29, 1.82) is 0 Å². The van der Waals surface area contributed by atoms with E-state index in [2.05, 4.69) is 20.6 Å². The van der Waals surface area contributed by atoms with Crippen LogP contribution in [0.3, 0.4) is 0 Å². The van der Waals surface area contributed by atoms with Crippen LogP contribution in [0.2, 0.25) is 0 Å². The highest BCUT2D eigenvalue weighted by molar-refractivity contribution is 6.07. The molecule has 2 amide bonds. The number of carbonyl (C=O) groups is 2. The second-order valence-corrected chi connectivity index (χ2v) is 8.89. The molecule has 0 saturated carbocycles. The Morgan fingerprint density at radius 1 is 1.10 bits per heavy atom. The number of likely N-dealkylation sites (N-methyl/N-ethyl adjacent to an activating group) is 1. The molecule has 0 aliphatic rings. The Labute approximate surface area is 182 Å². The summed E-state index contributed by atoms with van der Waals surface area (Å²) in [6, 6.07) is 7.28. The van der Waals surface area contributed by atoms with Gasteiger partial charge in [0.25, 0.3) is 11.8 Å². The van der Waals surface area contributed by atoms with Crippen molar-refractivity contribution in [2.24, 2.45) is 0 Å². The lowest BCUT2D eigenvalue weighted by Crippen LogP contribution is -2.31. The maximum absolute atomic E-state index is 12.8. The number of nitrogens with zero attached hydrogens (tertiary/aromatic N) is 4. The molecule has 0 radical (unpaired) electrons. The number of carbonyl (C=O) groups excluding carboxylic acids is 2. The van der Waals surface area contributed by atoms with Crippen LogP contribution in [0.15, 0.2) is 36.7 Å². The minimum atomic E-state index is -0.312. The molecular formula is C23H30N6O2. The van der Waals surface area contributed by atoms with Gasteiger partial charge >= 0.3 is 0 Å². The van der Waals surface area contributed by atoms with Gasteiger partial charge in [-0.3, -0.25) is 14.9 Å². The minimum absolute atomic E-state index is 0.171. The van der Waals surface area contributed by atoms with Crippen LogP contribution in [0, 0.1) is 6.92 Å². The van der Waals surface area contributed by atoms with E-state index in [1.54, 1.807) is 24.5 Å². The first-order chi connectivity index (χ1) is 14.6. The summed E-state index contributed by atoms with van der Waals surface area (Å²) in [6.45, 7) is 9.36. The predicted octanol–water partition coefficient (Wildman–Crippen LogP) is 3.04. The number of nitrogens with one attached hydrogen (secondary N) is 2. The molecule has 1 aromatic carbocycles. The Morgan fingerprint density at radius 2 is 1.77 bits per heavy atom. The van der Waals surface area contributed by atoms with Crippen LogP contribution in [-0.2, 0) is 5.54 Å². The van der Waals surface area contributed by atoms with Gasteiger partial charge in [0.15, 0.2) is 0 Å². The molecule has 0 fully saturated rings. The first kappa shape index (κ1) is 22.4. The van der Waals surface area contributed by atoms with E-state index in [9.17, 15) is 9.59 Å². The van der Waals surface area contributed by atoms with Gasteiger partial charge in [0.1, 0.15) is 5.65 Å². The Kier molecular flexibility index (Phi) is 6.40. The average Bonchev–Trinajstić information content (AvgIpc) is 3.07. The standard InChI is InChI=1S/C23H30N6O2/c1-15-7-9-16(10-8-15)20(30)27-22-25-13-17-18(21(31)24-11-12-28(5)6)14-29(19(17)26-22)23(2,3)4/h7-10,13-14H,11-12H2,1-6H3,(H,24,31)(H,25,26,27,30). The third kappa shape index (κ3) is 5.27.